The number of aromatic nitrogens is 2. The lowest BCUT2D eigenvalue weighted by Gasteiger charge is -2.40. The Labute approximate surface area is 311 Å². The van der Waals surface area contributed by atoms with Crippen LogP contribution in [0.4, 0.5) is 0 Å². The summed E-state index contributed by atoms with van der Waals surface area (Å²) in [6, 6.07) is 67.0. The van der Waals surface area contributed by atoms with Crippen LogP contribution >= 0.6 is 11.8 Å². The van der Waals surface area contributed by atoms with E-state index in [-0.39, 0.29) is 0 Å². The summed E-state index contributed by atoms with van der Waals surface area (Å²) in [7, 11) is 0. The van der Waals surface area contributed by atoms with E-state index >= 15 is 0 Å². The summed E-state index contributed by atoms with van der Waals surface area (Å²) in [5, 5.41) is 6.15. The van der Waals surface area contributed by atoms with Gasteiger partial charge in [0.05, 0.1) is 22.0 Å². The molecule has 0 fully saturated rings. The zero-order valence-electron chi connectivity index (χ0n) is 28.6. The first kappa shape index (κ1) is 29.2. The van der Waals surface area contributed by atoms with Gasteiger partial charge in [-0.25, -0.2) is 4.98 Å². The first-order valence-corrected chi connectivity index (χ1v) is 19.0. The second-order valence-corrected chi connectivity index (χ2v) is 15.3. The molecule has 1 aliphatic heterocycles. The zero-order chi connectivity index (χ0) is 34.7. The summed E-state index contributed by atoms with van der Waals surface area (Å²) < 4.78 is 2.47. The summed E-state index contributed by atoms with van der Waals surface area (Å²) in [4.78, 5) is 8.06. The van der Waals surface area contributed by atoms with Crippen molar-refractivity contribution in [1.82, 2.24) is 9.55 Å². The third-order valence-corrected chi connectivity index (χ3v) is 12.8. The molecule has 0 saturated carbocycles. The smallest absolute Gasteiger partial charge is 0.138 e. The molecular formula is C50H30N2S. The quantitative estimate of drug-likeness (QED) is 0.180. The second kappa shape index (κ2) is 10.8. The van der Waals surface area contributed by atoms with Crippen LogP contribution < -0.4 is 0 Å². The summed E-state index contributed by atoms with van der Waals surface area (Å²) in [5.41, 5.74) is 13.2. The molecule has 0 unspecified atom stereocenters. The number of hydrogen-bond acceptors (Lipinski definition) is 2. The molecule has 3 heteroatoms. The fourth-order valence-corrected chi connectivity index (χ4v) is 10.9. The highest BCUT2D eigenvalue weighted by Gasteiger charge is 2.50. The van der Waals surface area contributed by atoms with Gasteiger partial charge in [0.1, 0.15) is 5.82 Å². The summed E-state index contributed by atoms with van der Waals surface area (Å²) in [5.74, 6) is 0.923. The molecule has 246 valence electrons. The van der Waals surface area contributed by atoms with Crippen LogP contribution in [0.15, 0.2) is 192 Å². The molecule has 53 heavy (non-hydrogen) atoms. The lowest BCUT2D eigenvalue weighted by Crippen LogP contribution is -2.32. The van der Waals surface area contributed by atoms with Gasteiger partial charge >= 0.3 is 0 Å². The molecule has 10 aromatic rings. The third kappa shape index (κ3) is 3.82. The monoisotopic (exact) mass is 690 g/mol. The Bertz CT molecular complexity index is 3110. The summed E-state index contributed by atoms with van der Waals surface area (Å²) in [6.07, 6.45) is 0. The minimum Gasteiger partial charge on any atom is -0.293 e. The van der Waals surface area contributed by atoms with Crippen LogP contribution in [-0.2, 0) is 5.41 Å². The second-order valence-electron chi connectivity index (χ2n) is 14.2. The molecule has 0 amide bonds. The fourth-order valence-electron chi connectivity index (χ4n) is 9.55. The Kier molecular flexibility index (Phi) is 5.95. The number of rotatable bonds is 2. The van der Waals surface area contributed by atoms with Gasteiger partial charge in [0.25, 0.3) is 0 Å². The SMILES string of the molecule is c1ccc(-c2cc(-n3c4ccc5ccccc5c4c4ccc5c(c43)Sc3ccccc3C53c4ccccc4-c4ccccc43)nc3ccccc23)cc1. The first-order chi connectivity index (χ1) is 26.3. The predicted octanol–water partition coefficient (Wildman–Crippen LogP) is 13.0. The fraction of sp³-hybridized carbons (Fsp3) is 0.0200. The van der Waals surface area contributed by atoms with E-state index < -0.39 is 5.41 Å². The van der Waals surface area contributed by atoms with Gasteiger partial charge in [0.2, 0.25) is 0 Å². The van der Waals surface area contributed by atoms with Crippen molar-refractivity contribution in [2.75, 3.05) is 0 Å². The van der Waals surface area contributed by atoms with Crippen molar-refractivity contribution in [2.45, 2.75) is 15.2 Å². The van der Waals surface area contributed by atoms with E-state index in [0.29, 0.717) is 0 Å². The van der Waals surface area contributed by atoms with Crippen molar-refractivity contribution in [3.8, 4) is 28.1 Å². The highest BCUT2D eigenvalue weighted by molar-refractivity contribution is 7.99. The molecule has 0 saturated heterocycles. The maximum absolute atomic E-state index is 5.49. The Hall–Kier alpha value is -6.42. The highest BCUT2D eigenvalue weighted by Crippen LogP contribution is 2.63. The van der Waals surface area contributed by atoms with Crippen molar-refractivity contribution in [1.29, 1.82) is 0 Å². The van der Waals surface area contributed by atoms with Gasteiger partial charge in [0.15, 0.2) is 0 Å². The van der Waals surface area contributed by atoms with Crippen molar-refractivity contribution in [3.63, 3.8) is 0 Å². The van der Waals surface area contributed by atoms with E-state index in [0.717, 1.165) is 22.2 Å². The Morgan fingerprint density at radius 3 is 1.94 bits per heavy atom. The number of para-hydroxylation sites is 1. The predicted molar refractivity (Wildman–Crippen MR) is 220 cm³/mol. The van der Waals surface area contributed by atoms with E-state index in [1.165, 1.54) is 81.4 Å². The maximum Gasteiger partial charge on any atom is 0.138 e. The molecule has 2 aliphatic rings. The van der Waals surface area contributed by atoms with Gasteiger partial charge in [0, 0.05) is 25.9 Å². The number of pyridine rings is 1. The number of fused-ring (bicyclic) bond motifs is 16. The third-order valence-electron chi connectivity index (χ3n) is 11.6. The van der Waals surface area contributed by atoms with Crippen molar-refractivity contribution < 1.29 is 0 Å². The first-order valence-electron chi connectivity index (χ1n) is 18.2. The molecule has 0 N–H and O–H groups in total. The van der Waals surface area contributed by atoms with Crippen LogP contribution in [0.25, 0.3) is 71.6 Å². The Balaban J connectivity index is 1.28. The molecular weight excluding hydrogens is 661 g/mol. The minimum atomic E-state index is -0.464. The maximum atomic E-state index is 5.49. The molecule has 1 spiro atoms. The molecule has 0 radical (unpaired) electrons. The van der Waals surface area contributed by atoms with E-state index in [9.17, 15) is 0 Å². The molecule has 2 aromatic heterocycles. The molecule has 3 heterocycles. The minimum absolute atomic E-state index is 0.464. The van der Waals surface area contributed by atoms with Crippen molar-refractivity contribution in [3.05, 3.63) is 204 Å². The Morgan fingerprint density at radius 2 is 1.13 bits per heavy atom. The van der Waals surface area contributed by atoms with E-state index in [2.05, 4.69) is 187 Å². The summed E-state index contributed by atoms with van der Waals surface area (Å²) >= 11 is 1.91. The van der Waals surface area contributed by atoms with Crippen LogP contribution in [0.3, 0.4) is 0 Å². The molecule has 0 atom stereocenters. The average Bonchev–Trinajstić information content (AvgIpc) is 3.73. The lowest BCUT2D eigenvalue weighted by atomic mass is 9.67. The van der Waals surface area contributed by atoms with Crippen LogP contribution in [0.1, 0.15) is 22.3 Å². The highest BCUT2D eigenvalue weighted by atomic mass is 32.2. The molecule has 1 aliphatic carbocycles. The molecule has 0 bridgehead atoms. The van der Waals surface area contributed by atoms with Gasteiger partial charge in [-0.15, -0.1) is 0 Å². The van der Waals surface area contributed by atoms with Crippen molar-refractivity contribution >= 4 is 55.2 Å². The van der Waals surface area contributed by atoms with Gasteiger partial charge in [-0.2, -0.15) is 0 Å². The van der Waals surface area contributed by atoms with E-state index in [4.69, 9.17) is 4.98 Å². The van der Waals surface area contributed by atoms with E-state index in [1.54, 1.807) is 0 Å². The lowest BCUT2D eigenvalue weighted by molar-refractivity contribution is 0.724. The molecule has 2 nitrogen and oxygen atoms in total. The Morgan fingerprint density at radius 1 is 0.472 bits per heavy atom. The number of nitrogens with zero attached hydrogens (tertiary/aromatic N) is 2. The van der Waals surface area contributed by atoms with Crippen LogP contribution in [0.5, 0.6) is 0 Å². The molecule has 12 rings (SSSR count). The van der Waals surface area contributed by atoms with Gasteiger partial charge < -0.3 is 0 Å². The zero-order valence-corrected chi connectivity index (χ0v) is 29.4. The van der Waals surface area contributed by atoms with Gasteiger partial charge in [-0.1, -0.05) is 169 Å². The average molecular weight is 691 g/mol. The standard InChI is InChI=1S/C50H30N2S/c1-2-14-31(15-3-1)38-30-46(51-43-24-12-8-20-36(38)43)52-44-29-26-32-16-4-5-17-33(32)47(44)37-27-28-42-49(48(37)52)53-45-25-13-11-23-41(45)50(42)39-21-9-6-18-34(39)35-19-7-10-22-40(35)50/h1-30H. The van der Waals surface area contributed by atoms with Crippen LogP contribution in [-0.4, -0.2) is 9.55 Å². The normalized spacial score (nSPS) is 13.7. The van der Waals surface area contributed by atoms with Gasteiger partial charge in [-0.3, -0.25) is 4.57 Å². The van der Waals surface area contributed by atoms with Gasteiger partial charge in [-0.05, 0) is 79.5 Å². The number of hydrogen-bond donors (Lipinski definition) is 0. The summed E-state index contributed by atoms with van der Waals surface area (Å²) in [6.45, 7) is 0. The van der Waals surface area contributed by atoms with Crippen LogP contribution in [0, 0.1) is 0 Å². The van der Waals surface area contributed by atoms with Crippen LogP contribution in [0.2, 0.25) is 0 Å². The molecule has 8 aromatic carbocycles. The van der Waals surface area contributed by atoms with E-state index in [1.807, 2.05) is 11.8 Å². The number of benzene rings is 8. The largest absolute Gasteiger partial charge is 0.293 e. The van der Waals surface area contributed by atoms with Crippen molar-refractivity contribution in [2.24, 2.45) is 0 Å². The topological polar surface area (TPSA) is 17.8 Å².